The van der Waals surface area contributed by atoms with Crippen LogP contribution in [0, 0.1) is 6.92 Å². The molecule has 0 heterocycles. The summed E-state index contributed by atoms with van der Waals surface area (Å²) < 4.78 is 10.7. The van der Waals surface area contributed by atoms with E-state index in [1.54, 1.807) is 19.2 Å². The van der Waals surface area contributed by atoms with Crippen molar-refractivity contribution >= 4 is 17.5 Å². The van der Waals surface area contributed by atoms with Gasteiger partial charge in [-0.15, -0.1) is 0 Å². The normalized spacial score (nSPS) is 10.1. The summed E-state index contributed by atoms with van der Waals surface area (Å²) in [5.41, 5.74) is 1.93. The molecule has 0 unspecified atom stereocenters. The predicted molar refractivity (Wildman–Crippen MR) is 86.5 cm³/mol. The standard InChI is InChI=1S/C17H18ClNO3/c1-12-7-8-14(18)16(9-12)22-11-17(20)19-10-13-5-3-4-6-15(13)21-2/h3-9H,10-11H2,1-2H3,(H,19,20). The third-order valence-corrected chi connectivity index (χ3v) is 3.43. The van der Waals surface area contributed by atoms with Gasteiger partial charge in [0, 0.05) is 12.1 Å². The first-order chi connectivity index (χ1) is 10.6. The zero-order valence-corrected chi connectivity index (χ0v) is 13.3. The largest absolute Gasteiger partial charge is 0.496 e. The highest BCUT2D eigenvalue weighted by atomic mass is 35.5. The maximum atomic E-state index is 11.9. The fourth-order valence-electron chi connectivity index (χ4n) is 1.96. The predicted octanol–water partition coefficient (Wildman–Crippen LogP) is 3.35. The van der Waals surface area contributed by atoms with E-state index in [4.69, 9.17) is 21.1 Å². The van der Waals surface area contributed by atoms with Crippen molar-refractivity contribution in [3.63, 3.8) is 0 Å². The first-order valence-electron chi connectivity index (χ1n) is 6.87. The van der Waals surface area contributed by atoms with E-state index >= 15 is 0 Å². The summed E-state index contributed by atoms with van der Waals surface area (Å²) >= 11 is 6.02. The molecule has 22 heavy (non-hydrogen) atoms. The van der Waals surface area contributed by atoms with Gasteiger partial charge >= 0.3 is 0 Å². The van der Waals surface area contributed by atoms with Crippen LogP contribution < -0.4 is 14.8 Å². The Hall–Kier alpha value is -2.20. The number of amides is 1. The molecule has 0 saturated heterocycles. The highest BCUT2D eigenvalue weighted by molar-refractivity contribution is 6.32. The van der Waals surface area contributed by atoms with Crippen molar-refractivity contribution in [1.82, 2.24) is 5.32 Å². The van der Waals surface area contributed by atoms with Crippen LogP contribution in [-0.4, -0.2) is 19.6 Å². The lowest BCUT2D eigenvalue weighted by molar-refractivity contribution is -0.123. The minimum absolute atomic E-state index is 0.0850. The molecule has 0 aliphatic rings. The molecule has 0 radical (unpaired) electrons. The molecule has 0 aliphatic carbocycles. The lowest BCUT2D eigenvalue weighted by Crippen LogP contribution is -2.28. The smallest absolute Gasteiger partial charge is 0.258 e. The molecule has 0 bridgehead atoms. The van der Waals surface area contributed by atoms with Crippen LogP contribution in [0.25, 0.3) is 0 Å². The van der Waals surface area contributed by atoms with Gasteiger partial charge in [-0.1, -0.05) is 35.9 Å². The van der Waals surface area contributed by atoms with E-state index in [0.717, 1.165) is 16.9 Å². The van der Waals surface area contributed by atoms with Crippen molar-refractivity contribution < 1.29 is 14.3 Å². The number of methoxy groups -OCH3 is 1. The summed E-state index contributed by atoms with van der Waals surface area (Å²) in [5.74, 6) is 1.03. The number of rotatable bonds is 6. The Bertz CT molecular complexity index is 658. The van der Waals surface area contributed by atoms with Gasteiger partial charge in [-0.2, -0.15) is 0 Å². The number of hydrogen-bond acceptors (Lipinski definition) is 3. The number of para-hydroxylation sites is 1. The maximum absolute atomic E-state index is 11.9. The molecule has 116 valence electrons. The van der Waals surface area contributed by atoms with E-state index in [1.807, 2.05) is 37.3 Å². The second-order valence-electron chi connectivity index (χ2n) is 4.81. The van der Waals surface area contributed by atoms with E-state index in [2.05, 4.69) is 5.32 Å². The van der Waals surface area contributed by atoms with Crippen molar-refractivity contribution in [1.29, 1.82) is 0 Å². The fourth-order valence-corrected chi connectivity index (χ4v) is 2.13. The van der Waals surface area contributed by atoms with E-state index in [-0.39, 0.29) is 12.5 Å². The Labute approximate surface area is 135 Å². The molecule has 5 heteroatoms. The van der Waals surface area contributed by atoms with Crippen molar-refractivity contribution in [3.8, 4) is 11.5 Å². The summed E-state index contributed by atoms with van der Waals surface area (Å²) in [7, 11) is 1.60. The minimum atomic E-state index is -0.219. The molecular formula is C17H18ClNO3. The monoisotopic (exact) mass is 319 g/mol. The van der Waals surface area contributed by atoms with Gasteiger partial charge in [0.2, 0.25) is 0 Å². The molecule has 0 fully saturated rings. The van der Waals surface area contributed by atoms with Crippen molar-refractivity contribution in [2.45, 2.75) is 13.5 Å². The van der Waals surface area contributed by atoms with E-state index in [9.17, 15) is 4.79 Å². The Morgan fingerprint density at radius 2 is 1.95 bits per heavy atom. The number of halogens is 1. The second kappa shape index (κ2) is 7.71. The summed E-state index contributed by atoms with van der Waals surface area (Å²) in [4.78, 5) is 11.9. The molecule has 0 aromatic heterocycles. The molecule has 1 N–H and O–H groups in total. The highest BCUT2D eigenvalue weighted by Gasteiger charge is 2.08. The average Bonchev–Trinajstić information content (AvgIpc) is 2.54. The van der Waals surface area contributed by atoms with Gasteiger partial charge in [0.25, 0.3) is 5.91 Å². The van der Waals surface area contributed by atoms with E-state index < -0.39 is 0 Å². The molecule has 0 spiro atoms. The van der Waals surface area contributed by atoms with Gasteiger partial charge < -0.3 is 14.8 Å². The van der Waals surface area contributed by atoms with Gasteiger partial charge in [0.1, 0.15) is 11.5 Å². The molecule has 2 aromatic rings. The molecule has 4 nitrogen and oxygen atoms in total. The van der Waals surface area contributed by atoms with Crippen molar-refractivity contribution in [2.75, 3.05) is 13.7 Å². The average molecular weight is 320 g/mol. The summed E-state index contributed by atoms with van der Waals surface area (Å²) in [6.07, 6.45) is 0. The molecule has 2 rings (SSSR count). The van der Waals surface area contributed by atoms with Crippen LogP contribution in [0.15, 0.2) is 42.5 Å². The summed E-state index contributed by atoms with van der Waals surface area (Å²) in [6, 6.07) is 13.0. The fraction of sp³-hybridized carbons (Fsp3) is 0.235. The first-order valence-corrected chi connectivity index (χ1v) is 7.25. The Morgan fingerprint density at radius 3 is 2.73 bits per heavy atom. The second-order valence-corrected chi connectivity index (χ2v) is 5.22. The highest BCUT2D eigenvalue weighted by Crippen LogP contribution is 2.25. The number of nitrogens with one attached hydrogen (secondary N) is 1. The topological polar surface area (TPSA) is 47.6 Å². The van der Waals surface area contributed by atoms with Crippen molar-refractivity contribution in [3.05, 3.63) is 58.6 Å². The Kier molecular flexibility index (Phi) is 5.67. The van der Waals surface area contributed by atoms with Crippen molar-refractivity contribution in [2.24, 2.45) is 0 Å². The van der Waals surface area contributed by atoms with Gasteiger partial charge in [0.05, 0.1) is 12.1 Å². The molecule has 1 amide bonds. The van der Waals surface area contributed by atoms with Gasteiger partial charge in [-0.05, 0) is 30.7 Å². The SMILES string of the molecule is COc1ccccc1CNC(=O)COc1cc(C)ccc1Cl. The van der Waals surface area contributed by atoms with Crippen LogP contribution in [0.1, 0.15) is 11.1 Å². The number of carbonyl (C=O) groups is 1. The zero-order chi connectivity index (χ0) is 15.9. The molecule has 0 atom stereocenters. The Balaban J connectivity index is 1.87. The third kappa shape index (κ3) is 4.40. The number of aryl methyl sites for hydroxylation is 1. The Morgan fingerprint density at radius 1 is 1.18 bits per heavy atom. The minimum Gasteiger partial charge on any atom is -0.496 e. The van der Waals surface area contributed by atoms with E-state index in [0.29, 0.717) is 17.3 Å². The number of benzene rings is 2. The summed E-state index contributed by atoms with van der Waals surface area (Å²) in [6.45, 7) is 2.23. The number of hydrogen-bond donors (Lipinski definition) is 1. The third-order valence-electron chi connectivity index (χ3n) is 3.11. The van der Waals surface area contributed by atoms with Crippen LogP contribution in [0.5, 0.6) is 11.5 Å². The van der Waals surface area contributed by atoms with Crippen LogP contribution in [-0.2, 0) is 11.3 Å². The zero-order valence-electron chi connectivity index (χ0n) is 12.6. The molecular weight excluding hydrogens is 302 g/mol. The quantitative estimate of drug-likeness (QED) is 0.888. The van der Waals surface area contributed by atoms with Gasteiger partial charge in [-0.25, -0.2) is 0 Å². The lowest BCUT2D eigenvalue weighted by atomic mass is 10.2. The molecule has 2 aromatic carbocycles. The number of carbonyl (C=O) groups excluding carboxylic acids is 1. The van der Waals surface area contributed by atoms with Crippen LogP contribution >= 0.6 is 11.6 Å². The van der Waals surface area contributed by atoms with E-state index in [1.165, 1.54) is 0 Å². The maximum Gasteiger partial charge on any atom is 0.258 e. The van der Waals surface area contributed by atoms with Crippen LogP contribution in [0.4, 0.5) is 0 Å². The molecule has 0 aliphatic heterocycles. The van der Waals surface area contributed by atoms with Crippen LogP contribution in [0.2, 0.25) is 5.02 Å². The molecule has 0 saturated carbocycles. The van der Waals surface area contributed by atoms with Gasteiger partial charge in [-0.3, -0.25) is 4.79 Å². The lowest BCUT2D eigenvalue weighted by Gasteiger charge is -2.11. The van der Waals surface area contributed by atoms with Crippen LogP contribution in [0.3, 0.4) is 0 Å². The first kappa shape index (κ1) is 16.2. The number of ether oxygens (including phenoxy) is 2. The summed E-state index contributed by atoms with van der Waals surface area (Å²) in [5, 5.41) is 3.28. The van der Waals surface area contributed by atoms with Gasteiger partial charge in [0.15, 0.2) is 6.61 Å².